The van der Waals surface area contributed by atoms with Gasteiger partial charge in [-0.25, -0.2) is 8.42 Å². The lowest BCUT2D eigenvalue weighted by atomic mass is 9.91. The number of hydrogen-bond donors (Lipinski definition) is 0. The first-order valence-electron chi connectivity index (χ1n) is 8.33. The smallest absolute Gasteiger partial charge is 0.325 e. The minimum atomic E-state index is -3.92. The molecule has 0 N–H and O–H groups in total. The van der Waals surface area contributed by atoms with E-state index >= 15 is 0 Å². The average molecular weight is 372 g/mol. The molecule has 0 saturated heterocycles. The van der Waals surface area contributed by atoms with Crippen LogP contribution in [0.25, 0.3) is 0 Å². The third-order valence-electron chi connectivity index (χ3n) is 3.96. The van der Waals surface area contributed by atoms with Crippen LogP contribution in [0.4, 0.5) is 0 Å². The molecule has 0 fully saturated rings. The van der Waals surface area contributed by atoms with E-state index in [1.54, 1.807) is 32.0 Å². The van der Waals surface area contributed by atoms with Crippen molar-refractivity contribution in [2.75, 3.05) is 20.5 Å². The topological polar surface area (TPSA) is 78.9 Å². The number of sulfone groups is 1. The SMILES string of the molecule is CCOC(=O)[C@@H]([C@H](C)[C@@H](OCOC)C(C)C)S(=O)(=O)c1ccccc1. The van der Waals surface area contributed by atoms with Gasteiger partial charge in [0.1, 0.15) is 6.79 Å². The molecule has 0 aliphatic rings. The summed E-state index contributed by atoms with van der Waals surface area (Å²) in [7, 11) is -2.43. The van der Waals surface area contributed by atoms with Crippen LogP contribution >= 0.6 is 0 Å². The van der Waals surface area contributed by atoms with Gasteiger partial charge in [-0.1, -0.05) is 39.0 Å². The molecule has 1 rings (SSSR count). The minimum Gasteiger partial charge on any atom is -0.465 e. The first-order chi connectivity index (χ1) is 11.8. The molecule has 142 valence electrons. The summed E-state index contributed by atoms with van der Waals surface area (Å²) in [5, 5.41) is -1.35. The first kappa shape index (κ1) is 21.6. The molecule has 0 unspecified atom stereocenters. The van der Waals surface area contributed by atoms with Crippen LogP contribution in [0.5, 0.6) is 0 Å². The fourth-order valence-electron chi connectivity index (χ4n) is 2.88. The number of ether oxygens (including phenoxy) is 3. The Morgan fingerprint density at radius 1 is 1.12 bits per heavy atom. The lowest BCUT2D eigenvalue weighted by Gasteiger charge is -2.31. The number of carbonyl (C=O) groups is 1. The Hall–Kier alpha value is -1.44. The van der Waals surface area contributed by atoms with E-state index in [1.165, 1.54) is 19.2 Å². The summed E-state index contributed by atoms with van der Waals surface area (Å²) >= 11 is 0. The van der Waals surface area contributed by atoms with Crippen molar-refractivity contribution in [3.05, 3.63) is 30.3 Å². The van der Waals surface area contributed by atoms with E-state index < -0.39 is 33.1 Å². The lowest BCUT2D eigenvalue weighted by Crippen LogP contribution is -2.45. The molecular formula is C18H28O6S. The van der Waals surface area contributed by atoms with E-state index in [0.717, 1.165) is 0 Å². The van der Waals surface area contributed by atoms with E-state index in [9.17, 15) is 13.2 Å². The van der Waals surface area contributed by atoms with Gasteiger partial charge in [0.15, 0.2) is 15.1 Å². The maximum atomic E-state index is 13.1. The molecule has 0 aromatic heterocycles. The van der Waals surface area contributed by atoms with Crippen molar-refractivity contribution in [3.8, 4) is 0 Å². The molecule has 0 aliphatic carbocycles. The van der Waals surface area contributed by atoms with Crippen LogP contribution in [0.2, 0.25) is 0 Å². The number of rotatable bonds is 10. The van der Waals surface area contributed by atoms with Crippen molar-refractivity contribution in [2.24, 2.45) is 11.8 Å². The predicted octanol–water partition coefficient (Wildman–Crippen LogP) is 2.67. The fraction of sp³-hybridized carbons (Fsp3) is 0.611. The molecule has 0 spiro atoms. The van der Waals surface area contributed by atoms with Crippen LogP contribution in [0, 0.1) is 11.8 Å². The van der Waals surface area contributed by atoms with Crippen molar-refractivity contribution in [1.82, 2.24) is 0 Å². The molecule has 0 heterocycles. The normalized spacial score (nSPS) is 15.6. The van der Waals surface area contributed by atoms with Crippen LogP contribution in [-0.2, 0) is 28.8 Å². The molecule has 6 nitrogen and oxygen atoms in total. The van der Waals surface area contributed by atoms with Crippen LogP contribution in [0.15, 0.2) is 35.2 Å². The van der Waals surface area contributed by atoms with Crippen molar-refractivity contribution >= 4 is 15.8 Å². The Morgan fingerprint density at radius 3 is 2.20 bits per heavy atom. The maximum Gasteiger partial charge on any atom is 0.325 e. The van der Waals surface area contributed by atoms with Crippen LogP contribution < -0.4 is 0 Å². The Bertz CT molecular complexity index is 626. The van der Waals surface area contributed by atoms with Crippen LogP contribution in [0.1, 0.15) is 27.7 Å². The Morgan fingerprint density at radius 2 is 1.72 bits per heavy atom. The highest BCUT2D eigenvalue weighted by molar-refractivity contribution is 7.92. The third kappa shape index (κ3) is 5.52. The highest BCUT2D eigenvalue weighted by Gasteiger charge is 2.44. The molecule has 0 aliphatic heterocycles. The first-order valence-corrected chi connectivity index (χ1v) is 9.88. The average Bonchev–Trinajstić information content (AvgIpc) is 2.56. The van der Waals surface area contributed by atoms with Gasteiger partial charge in [0, 0.05) is 13.0 Å². The molecule has 0 bridgehead atoms. The molecule has 7 heteroatoms. The monoisotopic (exact) mass is 372 g/mol. The van der Waals surface area contributed by atoms with Gasteiger partial charge in [-0.15, -0.1) is 0 Å². The molecule has 25 heavy (non-hydrogen) atoms. The summed E-state index contributed by atoms with van der Waals surface area (Å²) < 4.78 is 41.9. The maximum absolute atomic E-state index is 13.1. The van der Waals surface area contributed by atoms with E-state index in [-0.39, 0.29) is 24.2 Å². The Labute approximate surface area is 150 Å². The molecule has 1 aromatic rings. The Kier molecular flexibility index (Phi) is 8.55. The van der Waals surface area contributed by atoms with Gasteiger partial charge in [-0.05, 0) is 25.0 Å². The van der Waals surface area contributed by atoms with Gasteiger partial charge in [-0.3, -0.25) is 4.79 Å². The van der Waals surface area contributed by atoms with E-state index in [2.05, 4.69) is 0 Å². The number of esters is 1. The zero-order valence-corrected chi connectivity index (χ0v) is 16.3. The second-order valence-corrected chi connectivity index (χ2v) is 8.24. The second-order valence-electron chi connectivity index (χ2n) is 6.17. The minimum absolute atomic E-state index is 0.00644. The van der Waals surface area contributed by atoms with E-state index in [0.29, 0.717) is 0 Å². The van der Waals surface area contributed by atoms with E-state index in [1.807, 2.05) is 13.8 Å². The van der Waals surface area contributed by atoms with Gasteiger partial charge in [0.2, 0.25) is 0 Å². The summed E-state index contributed by atoms with van der Waals surface area (Å²) in [6.07, 6.45) is -0.479. The van der Waals surface area contributed by atoms with Crippen LogP contribution in [0.3, 0.4) is 0 Å². The largest absolute Gasteiger partial charge is 0.465 e. The molecule has 0 radical (unpaired) electrons. The van der Waals surface area contributed by atoms with Crippen molar-refractivity contribution in [1.29, 1.82) is 0 Å². The number of benzene rings is 1. The van der Waals surface area contributed by atoms with Crippen LogP contribution in [-0.4, -0.2) is 46.3 Å². The standard InChI is InChI=1S/C18H28O6S/c1-6-23-18(19)17(14(4)16(13(2)3)24-12-22-5)25(20,21)15-10-8-7-9-11-15/h7-11,13-14,16-17H,6,12H2,1-5H3/t14-,16+,17-/m1/s1. The molecule has 3 atom stereocenters. The van der Waals surface area contributed by atoms with Gasteiger partial charge in [0.05, 0.1) is 17.6 Å². The zero-order valence-electron chi connectivity index (χ0n) is 15.5. The predicted molar refractivity (Wildman–Crippen MR) is 94.8 cm³/mol. The second kappa shape index (κ2) is 9.89. The van der Waals surface area contributed by atoms with Crippen molar-refractivity contribution in [2.45, 2.75) is 43.9 Å². The summed E-state index contributed by atoms with van der Waals surface area (Å²) in [4.78, 5) is 12.6. The van der Waals surface area contributed by atoms with Gasteiger partial charge >= 0.3 is 5.97 Å². The molecular weight excluding hydrogens is 344 g/mol. The fourth-order valence-corrected chi connectivity index (χ4v) is 4.75. The number of carbonyl (C=O) groups excluding carboxylic acids is 1. The molecule has 1 aromatic carbocycles. The number of hydrogen-bond acceptors (Lipinski definition) is 6. The van der Waals surface area contributed by atoms with Gasteiger partial charge < -0.3 is 14.2 Å². The summed E-state index contributed by atoms with van der Waals surface area (Å²) in [5.74, 6) is -1.38. The highest BCUT2D eigenvalue weighted by Crippen LogP contribution is 2.29. The molecule has 0 saturated carbocycles. The third-order valence-corrected chi connectivity index (χ3v) is 6.18. The lowest BCUT2D eigenvalue weighted by molar-refractivity contribution is -0.147. The zero-order chi connectivity index (χ0) is 19.0. The van der Waals surface area contributed by atoms with Crippen molar-refractivity contribution < 1.29 is 27.4 Å². The van der Waals surface area contributed by atoms with Crippen molar-refractivity contribution in [3.63, 3.8) is 0 Å². The quantitative estimate of drug-likeness (QED) is 0.464. The van der Waals surface area contributed by atoms with Gasteiger partial charge in [0.25, 0.3) is 0 Å². The summed E-state index contributed by atoms with van der Waals surface area (Å²) in [6.45, 7) is 7.30. The summed E-state index contributed by atoms with van der Waals surface area (Å²) in [5.41, 5.74) is 0. The molecule has 0 amide bonds. The van der Waals surface area contributed by atoms with Gasteiger partial charge in [-0.2, -0.15) is 0 Å². The highest BCUT2D eigenvalue weighted by atomic mass is 32.2. The Balaban J connectivity index is 3.30. The van der Waals surface area contributed by atoms with E-state index in [4.69, 9.17) is 14.2 Å². The number of methoxy groups -OCH3 is 1. The summed E-state index contributed by atoms with van der Waals surface area (Å²) in [6, 6.07) is 7.94.